The molecule has 0 radical (unpaired) electrons. The Morgan fingerprint density at radius 2 is 1.63 bits per heavy atom. The van der Waals surface area contributed by atoms with Crippen LogP contribution in [0.25, 0.3) is 0 Å². The van der Waals surface area contributed by atoms with Crippen molar-refractivity contribution in [2.24, 2.45) is 0 Å². The standard InChI is InChI=1S/C24H28N4O2/c1-18-14-27(15-19(2)30-18)16-21-8-10-22(11-9-21)24(29)26-23-12-13-25-28(23)17-20-6-4-3-5-7-20/h3-13,18-19H,14-17H2,1-2H3,(H,26,29). The summed E-state index contributed by atoms with van der Waals surface area (Å²) in [6.45, 7) is 7.55. The van der Waals surface area contributed by atoms with Gasteiger partial charge in [-0.15, -0.1) is 0 Å². The molecule has 1 N–H and O–H groups in total. The van der Waals surface area contributed by atoms with Gasteiger partial charge in [0.2, 0.25) is 0 Å². The second-order valence-electron chi connectivity index (χ2n) is 7.96. The van der Waals surface area contributed by atoms with Crippen molar-refractivity contribution in [3.63, 3.8) is 0 Å². The molecule has 6 nitrogen and oxygen atoms in total. The Hall–Kier alpha value is -2.96. The number of carbonyl (C=O) groups excluding carboxylic acids is 1. The fourth-order valence-electron chi connectivity index (χ4n) is 3.94. The van der Waals surface area contributed by atoms with Gasteiger partial charge in [0, 0.05) is 31.3 Å². The number of nitrogens with zero attached hydrogens (tertiary/aromatic N) is 3. The second kappa shape index (κ2) is 9.24. The van der Waals surface area contributed by atoms with E-state index in [-0.39, 0.29) is 18.1 Å². The molecule has 3 aromatic rings. The number of carbonyl (C=O) groups is 1. The van der Waals surface area contributed by atoms with E-state index in [0.717, 1.165) is 25.2 Å². The lowest BCUT2D eigenvalue weighted by Gasteiger charge is -2.35. The summed E-state index contributed by atoms with van der Waals surface area (Å²) in [5.74, 6) is 0.550. The summed E-state index contributed by atoms with van der Waals surface area (Å²) in [6, 6.07) is 19.7. The van der Waals surface area contributed by atoms with E-state index in [1.807, 2.05) is 60.7 Å². The quantitative estimate of drug-likeness (QED) is 0.679. The van der Waals surface area contributed by atoms with Crippen LogP contribution in [0.2, 0.25) is 0 Å². The van der Waals surface area contributed by atoms with Gasteiger partial charge in [0.15, 0.2) is 0 Å². The molecule has 1 saturated heterocycles. The third kappa shape index (κ3) is 5.14. The number of ether oxygens (including phenoxy) is 1. The molecule has 1 aliphatic heterocycles. The average Bonchev–Trinajstić information content (AvgIpc) is 3.15. The van der Waals surface area contributed by atoms with Gasteiger partial charge in [-0.3, -0.25) is 9.69 Å². The van der Waals surface area contributed by atoms with Crippen LogP contribution >= 0.6 is 0 Å². The van der Waals surface area contributed by atoms with Gasteiger partial charge in [-0.05, 0) is 37.1 Å². The van der Waals surface area contributed by atoms with Gasteiger partial charge in [0.1, 0.15) is 5.82 Å². The molecular formula is C24H28N4O2. The molecule has 1 aromatic heterocycles. The summed E-state index contributed by atoms with van der Waals surface area (Å²) < 4.78 is 7.59. The van der Waals surface area contributed by atoms with Crippen molar-refractivity contribution in [3.8, 4) is 0 Å². The molecule has 2 heterocycles. The van der Waals surface area contributed by atoms with Crippen molar-refractivity contribution in [3.05, 3.63) is 83.6 Å². The van der Waals surface area contributed by atoms with Crippen molar-refractivity contribution in [2.45, 2.75) is 39.1 Å². The van der Waals surface area contributed by atoms with E-state index in [1.165, 1.54) is 5.56 Å². The number of rotatable bonds is 6. The highest BCUT2D eigenvalue weighted by atomic mass is 16.5. The van der Waals surface area contributed by atoms with E-state index < -0.39 is 0 Å². The largest absolute Gasteiger partial charge is 0.373 e. The number of hydrogen-bond donors (Lipinski definition) is 1. The molecule has 0 aliphatic carbocycles. The van der Waals surface area contributed by atoms with Crippen LogP contribution in [0.4, 0.5) is 5.82 Å². The topological polar surface area (TPSA) is 59.4 Å². The molecule has 1 aliphatic rings. The van der Waals surface area contributed by atoms with E-state index in [9.17, 15) is 4.79 Å². The zero-order valence-corrected chi connectivity index (χ0v) is 17.5. The number of aromatic nitrogens is 2. The predicted molar refractivity (Wildman–Crippen MR) is 117 cm³/mol. The van der Waals surface area contributed by atoms with Crippen LogP contribution in [0.1, 0.15) is 35.3 Å². The van der Waals surface area contributed by atoms with Crippen molar-refractivity contribution in [1.29, 1.82) is 0 Å². The summed E-state index contributed by atoms with van der Waals surface area (Å²) >= 11 is 0. The molecule has 6 heteroatoms. The zero-order valence-electron chi connectivity index (χ0n) is 17.5. The van der Waals surface area contributed by atoms with Gasteiger partial charge in [0.05, 0.1) is 24.9 Å². The first-order chi connectivity index (χ1) is 14.6. The fourth-order valence-corrected chi connectivity index (χ4v) is 3.94. The second-order valence-corrected chi connectivity index (χ2v) is 7.96. The van der Waals surface area contributed by atoms with Crippen molar-refractivity contribution in [1.82, 2.24) is 14.7 Å². The van der Waals surface area contributed by atoms with Crippen molar-refractivity contribution < 1.29 is 9.53 Å². The molecule has 2 atom stereocenters. The number of nitrogens with one attached hydrogen (secondary N) is 1. The fraction of sp³-hybridized carbons (Fsp3) is 0.333. The highest BCUT2D eigenvalue weighted by Crippen LogP contribution is 2.16. The van der Waals surface area contributed by atoms with Crippen molar-refractivity contribution in [2.75, 3.05) is 18.4 Å². The molecule has 156 valence electrons. The van der Waals surface area contributed by atoms with Crippen molar-refractivity contribution >= 4 is 11.7 Å². The molecule has 1 fully saturated rings. The Balaban J connectivity index is 1.37. The van der Waals surface area contributed by atoms with Gasteiger partial charge in [-0.2, -0.15) is 5.10 Å². The monoisotopic (exact) mass is 404 g/mol. The third-order valence-electron chi connectivity index (χ3n) is 5.25. The Morgan fingerprint density at radius 3 is 2.33 bits per heavy atom. The van der Waals surface area contributed by atoms with Gasteiger partial charge >= 0.3 is 0 Å². The maximum Gasteiger partial charge on any atom is 0.256 e. The lowest BCUT2D eigenvalue weighted by atomic mass is 10.1. The number of morpholine rings is 1. The van der Waals surface area contributed by atoms with Gasteiger partial charge in [-0.1, -0.05) is 42.5 Å². The smallest absolute Gasteiger partial charge is 0.256 e. The SMILES string of the molecule is CC1CN(Cc2ccc(C(=O)Nc3ccnn3Cc3ccccc3)cc2)CC(C)O1. The van der Waals surface area contributed by atoms with Gasteiger partial charge in [0.25, 0.3) is 5.91 Å². The van der Waals surface area contributed by atoms with E-state index in [0.29, 0.717) is 17.9 Å². The van der Waals surface area contributed by atoms with Crippen LogP contribution in [0.5, 0.6) is 0 Å². The first-order valence-electron chi connectivity index (χ1n) is 10.4. The summed E-state index contributed by atoms with van der Waals surface area (Å²) in [4.78, 5) is 15.1. The predicted octanol–water partition coefficient (Wildman–Crippen LogP) is 3.79. The molecule has 0 spiro atoms. The minimum atomic E-state index is -0.134. The summed E-state index contributed by atoms with van der Waals surface area (Å²) in [6.07, 6.45) is 2.20. The van der Waals surface area contributed by atoms with E-state index >= 15 is 0 Å². The highest BCUT2D eigenvalue weighted by molar-refractivity contribution is 6.03. The molecule has 2 aromatic carbocycles. The van der Waals surface area contributed by atoms with Crippen LogP contribution in [0, 0.1) is 0 Å². The van der Waals surface area contributed by atoms with Gasteiger partial charge in [-0.25, -0.2) is 4.68 Å². The maximum absolute atomic E-state index is 12.7. The first-order valence-corrected chi connectivity index (χ1v) is 10.4. The number of amides is 1. The van der Waals surface area contributed by atoms with Crippen LogP contribution < -0.4 is 5.32 Å². The molecule has 2 unspecified atom stereocenters. The zero-order chi connectivity index (χ0) is 20.9. The molecule has 0 bridgehead atoms. The summed E-state index contributed by atoms with van der Waals surface area (Å²) in [5.41, 5.74) is 2.96. The molecule has 0 saturated carbocycles. The van der Waals surface area contributed by atoms with Crippen LogP contribution in [-0.2, 0) is 17.8 Å². The highest BCUT2D eigenvalue weighted by Gasteiger charge is 2.22. The summed E-state index contributed by atoms with van der Waals surface area (Å²) in [5, 5.41) is 7.31. The van der Waals surface area contributed by atoms with E-state index in [4.69, 9.17) is 4.74 Å². The Bertz CT molecular complexity index is 958. The van der Waals surface area contributed by atoms with Crippen LogP contribution in [0.15, 0.2) is 66.9 Å². The summed E-state index contributed by atoms with van der Waals surface area (Å²) in [7, 11) is 0. The number of anilines is 1. The lowest BCUT2D eigenvalue weighted by molar-refractivity contribution is -0.0704. The van der Waals surface area contributed by atoms with E-state index in [2.05, 4.69) is 29.2 Å². The van der Waals surface area contributed by atoms with Crippen LogP contribution in [-0.4, -0.2) is 45.9 Å². The normalized spacial score (nSPS) is 19.5. The Kier molecular flexibility index (Phi) is 6.26. The molecule has 4 rings (SSSR count). The average molecular weight is 405 g/mol. The molecular weight excluding hydrogens is 376 g/mol. The minimum Gasteiger partial charge on any atom is -0.373 e. The Morgan fingerprint density at radius 1 is 0.967 bits per heavy atom. The first kappa shape index (κ1) is 20.3. The van der Waals surface area contributed by atoms with Crippen LogP contribution in [0.3, 0.4) is 0 Å². The minimum absolute atomic E-state index is 0.134. The van der Waals surface area contributed by atoms with Gasteiger partial charge < -0.3 is 10.1 Å². The molecule has 30 heavy (non-hydrogen) atoms. The third-order valence-corrected chi connectivity index (χ3v) is 5.25. The molecule has 1 amide bonds. The Labute approximate surface area is 177 Å². The van der Waals surface area contributed by atoms with E-state index in [1.54, 1.807) is 10.9 Å². The number of hydrogen-bond acceptors (Lipinski definition) is 4. The maximum atomic E-state index is 12.7. The lowest BCUT2D eigenvalue weighted by Crippen LogP contribution is -2.44. The number of benzene rings is 2.